The average molecular weight is 310 g/mol. The van der Waals surface area contributed by atoms with E-state index in [0.29, 0.717) is 11.3 Å². The van der Waals surface area contributed by atoms with Crippen LogP contribution in [0.15, 0.2) is 36.5 Å². The molecule has 0 saturated heterocycles. The third-order valence-corrected chi connectivity index (χ3v) is 3.01. The van der Waals surface area contributed by atoms with E-state index in [2.05, 4.69) is 10.3 Å². The molecular formula is C13H9ClFN3OS. The first-order valence-electron chi connectivity index (χ1n) is 5.49. The molecule has 0 atom stereocenters. The molecule has 0 saturated carbocycles. The molecule has 102 valence electrons. The van der Waals surface area contributed by atoms with E-state index < -0.39 is 11.7 Å². The zero-order valence-electron chi connectivity index (χ0n) is 10.1. The predicted octanol–water partition coefficient (Wildman–Crippen LogP) is 2.76. The Kier molecular flexibility index (Phi) is 4.26. The van der Waals surface area contributed by atoms with Gasteiger partial charge in [-0.25, -0.2) is 4.39 Å². The number of benzene rings is 1. The number of hydrogen-bond donors (Lipinski definition) is 2. The summed E-state index contributed by atoms with van der Waals surface area (Å²) in [5.41, 5.74) is 6.48. The van der Waals surface area contributed by atoms with Gasteiger partial charge in [0.25, 0.3) is 5.91 Å². The SMILES string of the molecule is NC(=S)c1ccc(C(=O)Nc2ccc(F)cc2Cl)nc1. The fourth-order valence-electron chi connectivity index (χ4n) is 1.45. The Bertz CT molecular complexity index is 676. The molecule has 20 heavy (non-hydrogen) atoms. The smallest absolute Gasteiger partial charge is 0.274 e. The van der Waals surface area contributed by atoms with Gasteiger partial charge in [0.15, 0.2) is 0 Å². The van der Waals surface area contributed by atoms with Crippen LogP contribution in [0.4, 0.5) is 10.1 Å². The number of hydrogen-bond acceptors (Lipinski definition) is 3. The Morgan fingerprint density at radius 2 is 2.10 bits per heavy atom. The minimum atomic E-state index is -0.480. The second-order valence-electron chi connectivity index (χ2n) is 3.87. The van der Waals surface area contributed by atoms with Crippen molar-refractivity contribution in [1.29, 1.82) is 0 Å². The third kappa shape index (κ3) is 3.28. The molecule has 1 aromatic heterocycles. The van der Waals surface area contributed by atoms with Crippen molar-refractivity contribution in [3.63, 3.8) is 0 Å². The minimum Gasteiger partial charge on any atom is -0.389 e. The van der Waals surface area contributed by atoms with Crippen LogP contribution in [0.5, 0.6) is 0 Å². The van der Waals surface area contributed by atoms with Gasteiger partial charge in [0, 0.05) is 11.8 Å². The molecule has 4 nitrogen and oxygen atoms in total. The maximum Gasteiger partial charge on any atom is 0.274 e. The van der Waals surface area contributed by atoms with Crippen LogP contribution in [-0.2, 0) is 0 Å². The first-order chi connectivity index (χ1) is 9.47. The van der Waals surface area contributed by atoms with Crippen LogP contribution < -0.4 is 11.1 Å². The van der Waals surface area contributed by atoms with Gasteiger partial charge in [-0.3, -0.25) is 9.78 Å². The average Bonchev–Trinajstić information content (AvgIpc) is 2.42. The summed E-state index contributed by atoms with van der Waals surface area (Å²) in [5, 5.41) is 2.65. The van der Waals surface area contributed by atoms with Gasteiger partial charge in [0.05, 0.1) is 10.7 Å². The Hall–Kier alpha value is -2.05. The second kappa shape index (κ2) is 5.94. The largest absolute Gasteiger partial charge is 0.389 e. The maximum atomic E-state index is 12.9. The van der Waals surface area contributed by atoms with Gasteiger partial charge < -0.3 is 11.1 Å². The van der Waals surface area contributed by atoms with E-state index in [-0.39, 0.29) is 15.7 Å². The molecule has 1 heterocycles. The number of nitrogens with zero attached hydrogens (tertiary/aromatic N) is 1. The molecule has 2 aromatic rings. The lowest BCUT2D eigenvalue weighted by Crippen LogP contribution is -2.15. The fraction of sp³-hybridized carbons (Fsp3) is 0. The Morgan fingerprint density at radius 3 is 2.65 bits per heavy atom. The van der Waals surface area contributed by atoms with Crippen LogP contribution in [0.2, 0.25) is 5.02 Å². The Balaban J connectivity index is 2.17. The summed E-state index contributed by atoms with van der Waals surface area (Å²) in [4.78, 5) is 16.1. The number of aromatic nitrogens is 1. The van der Waals surface area contributed by atoms with Crippen LogP contribution in [0.3, 0.4) is 0 Å². The molecule has 1 aromatic carbocycles. The standard InChI is InChI=1S/C13H9ClFN3OS/c14-9-5-8(15)2-4-10(9)18-13(19)11-3-1-7(6-17-11)12(16)20/h1-6H,(H2,16,20)(H,18,19). The summed E-state index contributed by atoms with van der Waals surface area (Å²) in [6.07, 6.45) is 1.41. The number of nitrogens with two attached hydrogens (primary N) is 1. The van der Waals surface area contributed by atoms with E-state index in [1.807, 2.05) is 0 Å². The summed E-state index contributed by atoms with van der Waals surface area (Å²) >= 11 is 10.6. The first-order valence-corrected chi connectivity index (χ1v) is 6.28. The van der Waals surface area contributed by atoms with Gasteiger partial charge >= 0.3 is 0 Å². The van der Waals surface area contributed by atoms with Crippen LogP contribution in [0.25, 0.3) is 0 Å². The van der Waals surface area contributed by atoms with Crippen LogP contribution >= 0.6 is 23.8 Å². The van der Waals surface area contributed by atoms with E-state index in [1.165, 1.54) is 24.4 Å². The number of nitrogens with one attached hydrogen (secondary N) is 1. The van der Waals surface area contributed by atoms with Crippen molar-refractivity contribution in [1.82, 2.24) is 4.98 Å². The molecule has 0 aliphatic carbocycles. The van der Waals surface area contributed by atoms with Crippen LogP contribution in [0, 0.1) is 5.82 Å². The second-order valence-corrected chi connectivity index (χ2v) is 4.72. The topological polar surface area (TPSA) is 68.0 Å². The van der Waals surface area contributed by atoms with E-state index in [4.69, 9.17) is 29.6 Å². The number of halogens is 2. The van der Waals surface area contributed by atoms with Crippen molar-refractivity contribution in [3.05, 3.63) is 58.6 Å². The molecule has 0 aliphatic rings. The normalized spacial score (nSPS) is 10.1. The van der Waals surface area contributed by atoms with E-state index in [9.17, 15) is 9.18 Å². The van der Waals surface area contributed by atoms with Crippen molar-refractivity contribution in [2.45, 2.75) is 0 Å². The van der Waals surface area contributed by atoms with Gasteiger partial charge in [-0.15, -0.1) is 0 Å². The number of amides is 1. The highest BCUT2D eigenvalue weighted by atomic mass is 35.5. The van der Waals surface area contributed by atoms with Gasteiger partial charge in [-0.1, -0.05) is 23.8 Å². The van der Waals surface area contributed by atoms with E-state index in [1.54, 1.807) is 6.07 Å². The summed E-state index contributed by atoms with van der Waals surface area (Å²) in [7, 11) is 0. The number of thiocarbonyl (C=S) groups is 1. The highest BCUT2D eigenvalue weighted by Crippen LogP contribution is 2.22. The third-order valence-electron chi connectivity index (χ3n) is 2.46. The minimum absolute atomic E-state index is 0.109. The van der Waals surface area contributed by atoms with Gasteiger partial charge in [-0.2, -0.15) is 0 Å². The molecular weight excluding hydrogens is 301 g/mol. The quantitative estimate of drug-likeness (QED) is 0.856. The molecule has 0 spiro atoms. The molecule has 0 bridgehead atoms. The van der Waals surface area contributed by atoms with Crippen molar-refractivity contribution < 1.29 is 9.18 Å². The molecule has 0 unspecified atom stereocenters. The van der Waals surface area contributed by atoms with Crippen molar-refractivity contribution >= 4 is 40.4 Å². The molecule has 0 radical (unpaired) electrons. The Morgan fingerprint density at radius 1 is 1.35 bits per heavy atom. The monoisotopic (exact) mass is 309 g/mol. The summed E-state index contributed by atoms with van der Waals surface area (Å²) in [6, 6.07) is 6.77. The maximum absolute atomic E-state index is 12.9. The number of carbonyl (C=O) groups excluding carboxylic acids is 1. The van der Waals surface area contributed by atoms with Crippen LogP contribution in [-0.4, -0.2) is 15.9 Å². The Labute approximate surface area is 124 Å². The lowest BCUT2D eigenvalue weighted by atomic mass is 10.2. The molecule has 0 fully saturated rings. The summed E-state index contributed by atoms with van der Waals surface area (Å²) in [6.45, 7) is 0. The molecule has 0 aliphatic heterocycles. The van der Waals surface area contributed by atoms with E-state index in [0.717, 1.165) is 6.07 Å². The fourth-order valence-corrected chi connectivity index (χ4v) is 1.79. The summed E-state index contributed by atoms with van der Waals surface area (Å²) < 4.78 is 12.9. The van der Waals surface area contributed by atoms with E-state index >= 15 is 0 Å². The number of anilines is 1. The predicted molar refractivity (Wildman–Crippen MR) is 79.5 cm³/mol. The molecule has 3 N–H and O–H groups in total. The lowest BCUT2D eigenvalue weighted by Gasteiger charge is -2.07. The van der Waals surface area contributed by atoms with Gasteiger partial charge in [-0.05, 0) is 30.3 Å². The van der Waals surface area contributed by atoms with Gasteiger partial charge in [0.2, 0.25) is 0 Å². The van der Waals surface area contributed by atoms with Crippen molar-refractivity contribution in [3.8, 4) is 0 Å². The molecule has 7 heteroatoms. The zero-order valence-corrected chi connectivity index (χ0v) is 11.6. The lowest BCUT2D eigenvalue weighted by molar-refractivity contribution is 0.102. The molecule has 1 amide bonds. The number of rotatable bonds is 3. The number of carbonyl (C=O) groups is 1. The van der Waals surface area contributed by atoms with Crippen LogP contribution in [0.1, 0.15) is 16.1 Å². The molecule has 2 rings (SSSR count). The van der Waals surface area contributed by atoms with Gasteiger partial charge in [0.1, 0.15) is 16.5 Å². The summed E-state index contributed by atoms with van der Waals surface area (Å²) in [5.74, 6) is -0.945. The number of pyridine rings is 1. The highest BCUT2D eigenvalue weighted by Gasteiger charge is 2.10. The van der Waals surface area contributed by atoms with Crippen molar-refractivity contribution in [2.75, 3.05) is 5.32 Å². The zero-order chi connectivity index (χ0) is 14.7. The highest BCUT2D eigenvalue weighted by molar-refractivity contribution is 7.80. The first kappa shape index (κ1) is 14.4. The van der Waals surface area contributed by atoms with Crippen molar-refractivity contribution in [2.24, 2.45) is 5.73 Å².